The van der Waals surface area contributed by atoms with Crippen LogP contribution < -0.4 is 35.3 Å². The lowest BCUT2D eigenvalue weighted by Crippen LogP contribution is -2.49. The van der Waals surface area contributed by atoms with Crippen LogP contribution in [0.25, 0.3) is 33.9 Å². The van der Waals surface area contributed by atoms with Gasteiger partial charge < -0.3 is 45.8 Å². The summed E-state index contributed by atoms with van der Waals surface area (Å²) >= 11 is 0. The van der Waals surface area contributed by atoms with Crippen LogP contribution in [0.15, 0.2) is 119 Å². The number of imidazole rings is 1. The van der Waals surface area contributed by atoms with Gasteiger partial charge >= 0.3 is 12.2 Å². The number of nitrogens with zero attached hydrogens (tertiary/aromatic N) is 7. The third-order valence-electron chi connectivity index (χ3n) is 10.5. The molecule has 0 radical (unpaired) electrons. The van der Waals surface area contributed by atoms with E-state index in [4.69, 9.17) is 19.9 Å². The van der Waals surface area contributed by atoms with Crippen LogP contribution in [0.5, 0.6) is 17.2 Å². The van der Waals surface area contributed by atoms with Crippen molar-refractivity contribution in [3.05, 3.63) is 126 Å². The minimum absolute atomic E-state index is 0.0461. The first-order valence-corrected chi connectivity index (χ1v) is 23.6. The minimum atomic E-state index is -5.10. The van der Waals surface area contributed by atoms with Gasteiger partial charge in [0.2, 0.25) is 25.9 Å². The number of nitrogen functional groups attached to an aromatic ring is 1. The number of nitrogens with two attached hydrogens (primary N) is 1. The van der Waals surface area contributed by atoms with Gasteiger partial charge in [-0.15, -0.1) is 10.2 Å². The van der Waals surface area contributed by atoms with Crippen LogP contribution in [0.2, 0.25) is 0 Å². The number of anilines is 1. The van der Waals surface area contributed by atoms with Crippen molar-refractivity contribution in [2.75, 3.05) is 40.2 Å². The Morgan fingerprint density at radius 2 is 1.32 bits per heavy atom. The molecule has 0 unspecified atom stereocenters. The van der Waals surface area contributed by atoms with E-state index in [2.05, 4.69) is 35.1 Å². The van der Waals surface area contributed by atoms with Crippen molar-refractivity contribution in [3.63, 3.8) is 0 Å². The molecule has 0 atom stereocenters. The largest absolute Gasteiger partial charge is 0.497 e. The lowest BCUT2D eigenvalue weighted by atomic mass is 9.99. The van der Waals surface area contributed by atoms with Crippen LogP contribution in [0.3, 0.4) is 0 Å². The standard InChI is InChI=1S/C44H46N12O11S2/c1-65-32-10-4-27(5-11-32)24-55(25-28-6-12-33(66-2)13-7-28)69(63,64)40-38(68(61,62)53-31(21-48-43(57)58)22-49-44(59)60)17-16-35(30-18-19-46-36(20-30)37-23-47-42(45)50-37)39(40)41-51-54-56(52-41)26-29-8-14-34(67-3)15-9-29/h4-20,23,31,48-49,53H,21-22,24-26H2,1-3H3,(H,57,58)(H,59,60)(H3,45,47,50). The van der Waals surface area contributed by atoms with Crippen molar-refractivity contribution in [3.8, 4) is 51.2 Å². The van der Waals surface area contributed by atoms with Gasteiger partial charge in [0.1, 0.15) is 27.0 Å². The number of carboxylic acid groups (broad SMARTS) is 2. The van der Waals surface area contributed by atoms with Gasteiger partial charge in [-0.2, -0.15) is 9.10 Å². The molecular weight excluding hydrogens is 937 g/mol. The second-order valence-electron chi connectivity index (χ2n) is 15.1. The van der Waals surface area contributed by atoms with E-state index >= 15 is 8.42 Å². The summed E-state index contributed by atoms with van der Waals surface area (Å²) in [4.78, 5) is 34.2. The van der Waals surface area contributed by atoms with Crippen LogP contribution in [0.4, 0.5) is 15.5 Å². The van der Waals surface area contributed by atoms with Gasteiger partial charge in [-0.3, -0.25) is 4.98 Å². The fourth-order valence-corrected chi connectivity index (χ4v) is 10.7. The van der Waals surface area contributed by atoms with Crippen molar-refractivity contribution in [1.29, 1.82) is 0 Å². The molecule has 0 aliphatic heterocycles. The molecule has 3 aromatic heterocycles. The molecule has 69 heavy (non-hydrogen) atoms. The number of pyridine rings is 1. The van der Waals surface area contributed by atoms with Gasteiger partial charge in [0, 0.05) is 32.4 Å². The zero-order valence-corrected chi connectivity index (χ0v) is 38.7. The normalized spacial score (nSPS) is 11.7. The summed E-state index contributed by atoms with van der Waals surface area (Å²) in [7, 11) is -5.69. The number of aromatic amines is 1. The predicted octanol–water partition coefficient (Wildman–Crippen LogP) is 4.02. The van der Waals surface area contributed by atoms with E-state index in [1.165, 1.54) is 44.6 Å². The summed E-state index contributed by atoms with van der Waals surface area (Å²) in [5.74, 6) is 1.40. The van der Waals surface area contributed by atoms with Gasteiger partial charge in [0.25, 0.3) is 0 Å². The molecule has 0 spiro atoms. The van der Waals surface area contributed by atoms with Crippen molar-refractivity contribution >= 4 is 38.2 Å². The molecular formula is C44H46N12O11S2. The lowest BCUT2D eigenvalue weighted by molar-refractivity contribution is 0.191. The first kappa shape index (κ1) is 48.8. The number of methoxy groups -OCH3 is 3. The van der Waals surface area contributed by atoms with Crippen molar-refractivity contribution < 1.29 is 50.8 Å². The summed E-state index contributed by atoms with van der Waals surface area (Å²) in [5, 5.41) is 36.2. The Morgan fingerprint density at radius 3 is 1.83 bits per heavy atom. The monoisotopic (exact) mass is 982 g/mol. The molecule has 0 saturated carbocycles. The number of nitrogens with one attached hydrogen (secondary N) is 4. The number of hydrogen-bond acceptors (Lipinski definition) is 15. The number of amides is 2. The molecule has 360 valence electrons. The Bertz CT molecular complexity index is 3080. The molecule has 0 aliphatic rings. The van der Waals surface area contributed by atoms with E-state index in [-0.39, 0.29) is 42.5 Å². The maximum Gasteiger partial charge on any atom is 0.404 e. The molecule has 23 nitrogen and oxygen atoms in total. The number of hydrogen-bond donors (Lipinski definition) is 7. The van der Waals surface area contributed by atoms with Crippen molar-refractivity contribution in [1.82, 2.24) is 54.8 Å². The summed E-state index contributed by atoms with van der Waals surface area (Å²) in [5.41, 5.74) is 8.50. The van der Waals surface area contributed by atoms with E-state index < -0.39 is 61.2 Å². The van der Waals surface area contributed by atoms with E-state index in [1.807, 2.05) is 10.6 Å². The number of aromatic nitrogens is 7. The maximum atomic E-state index is 16.1. The number of sulfonamides is 2. The Balaban J connectivity index is 1.51. The molecule has 4 aromatic carbocycles. The van der Waals surface area contributed by atoms with Crippen molar-refractivity contribution in [2.24, 2.45) is 0 Å². The summed E-state index contributed by atoms with van der Waals surface area (Å²) in [6, 6.07) is 24.4. The smallest absolute Gasteiger partial charge is 0.404 e. The molecule has 0 saturated heterocycles. The molecule has 0 bridgehead atoms. The van der Waals surface area contributed by atoms with E-state index in [1.54, 1.807) is 84.9 Å². The molecule has 0 fully saturated rings. The zero-order valence-electron chi connectivity index (χ0n) is 37.1. The number of rotatable bonds is 21. The quantitative estimate of drug-likeness (QED) is 0.0535. The second-order valence-corrected chi connectivity index (χ2v) is 18.6. The Kier molecular flexibility index (Phi) is 15.0. The van der Waals surface area contributed by atoms with Crippen molar-refractivity contribution in [2.45, 2.75) is 35.5 Å². The fourth-order valence-electron chi connectivity index (χ4n) is 7.09. The van der Waals surface area contributed by atoms with Crippen LogP contribution in [0, 0.1) is 0 Å². The lowest BCUT2D eigenvalue weighted by Gasteiger charge is -2.27. The molecule has 7 aromatic rings. The van der Waals surface area contributed by atoms with Crippen LogP contribution in [-0.4, -0.2) is 119 Å². The van der Waals surface area contributed by atoms with Gasteiger partial charge in [-0.1, -0.05) is 42.5 Å². The first-order chi connectivity index (χ1) is 33.1. The summed E-state index contributed by atoms with van der Waals surface area (Å²) in [6.07, 6.45) is -0.155. The number of H-pyrrole nitrogens is 1. The fraction of sp³-hybridized carbons (Fsp3) is 0.205. The van der Waals surface area contributed by atoms with Crippen LogP contribution in [0.1, 0.15) is 16.7 Å². The average Bonchev–Trinajstić information content (AvgIpc) is 4.01. The highest BCUT2D eigenvalue weighted by Crippen LogP contribution is 2.42. The van der Waals surface area contributed by atoms with Crippen LogP contribution in [-0.2, 0) is 39.7 Å². The topological polar surface area (TPSA) is 321 Å². The summed E-state index contributed by atoms with van der Waals surface area (Å²) < 4.78 is 81.5. The third kappa shape index (κ3) is 11.9. The second kappa shape index (κ2) is 21.2. The number of ether oxygens (including phenoxy) is 3. The van der Waals surface area contributed by atoms with Gasteiger partial charge in [0.05, 0.1) is 57.1 Å². The van der Waals surface area contributed by atoms with Gasteiger partial charge in [-0.05, 0) is 87.6 Å². The number of carbonyl (C=O) groups is 2. The highest BCUT2D eigenvalue weighted by molar-refractivity contribution is 7.92. The predicted molar refractivity (Wildman–Crippen MR) is 249 cm³/mol. The number of benzene rings is 4. The SMILES string of the molecule is COc1ccc(CN(Cc2ccc(OC)cc2)S(=O)(=O)c2c(S(=O)(=O)NC(CNC(=O)O)CNC(=O)O)ccc(-c3ccnc(-c4cnc(N)[nH]4)c3)c2-c2nnn(Cc3ccc(OC)cc3)n2)cc1. The summed E-state index contributed by atoms with van der Waals surface area (Å²) in [6.45, 7) is -1.81. The first-order valence-electron chi connectivity index (χ1n) is 20.6. The van der Waals surface area contributed by atoms with Gasteiger partial charge in [-0.25, -0.2) is 36.1 Å². The highest BCUT2D eigenvalue weighted by atomic mass is 32.2. The molecule has 25 heteroatoms. The zero-order chi connectivity index (χ0) is 49.3. The molecule has 7 rings (SSSR count). The van der Waals surface area contributed by atoms with Gasteiger partial charge in [0.15, 0.2) is 5.95 Å². The highest BCUT2D eigenvalue weighted by Gasteiger charge is 2.39. The Hall–Kier alpha value is -8.13. The molecule has 2 amide bonds. The molecule has 8 N–H and O–H groups in total. The Morgan fingerprint density at radius 1 is 0.768 bits per heavy atom. The third-order valence-corrected chi connectivity index (χ3v) is 14.0. The minimum Gasteiger partial charge on any atom is -0.497 e. The molecule has 0 aliphatic carbocycles. The average molecular weight is 983 g/mol. The van der Waals surface area contributed by atoms with E-state index in [9.17, 15) is 28.2 Å². The Labute approximate surface area is 395 Å². The molecule has 3 heterocycles. The number of tetrazole rings is 1. The van der Waals surface area contributed by atoms with Crippen LogP contribution >= 0.6 is 0 Å². The maximum absolute atomic E-state index is 16.1. The van der Waals surface area contributed by atoms with E-state index in [0.29, 0.717) is 50.9 Å². The van der Waals surface area contributed by atoms with E-state index in [0.717, 1.165) is 10.4 Å².